The van der Waals surface area contributed by atoms with Crippen LogP contribution in [0, 0.1) is 0 Å². The molecule has 0 fully saturated rings. The lowest BCUT2D eigenvalue weighted by Crippen LogP contribution is -2.41. The summed E-state index contributed by atoms with van der Waals surface area (Å²) in [7, 11) is 0. The van der Waals surface area contributed by atoms with Crippen LogP contribution in [0.4, 0.5) is 0 Å². The van der Waals surface area contributed by atoms with E-state index in [4.69, 9.17) is 16.0 Å². The number of imidazole rings is 1. The molecule has 11 heteroatoms. The lowest BCUT2D eigenvalue weighted by molar-refractivity contribution is 0.0440. The fourth-order valence-electron chi connectivity index (χ4n) is 3.75. The van der Waals surface area contributed by atoms with Crippen LogP contribution < -0.4 is 0 Å². The van der Waals surface area contributed by atoms with Crippen molar-refractivity contribution < 1.29 is 14.3 Å². The molecule has 1 aliphatic heterocycles. The highest BCUT2D eigenvalue weighted by Gasteiger charge is 2.39. The molecule has 0 aromatic carbocycles. The van der Waals surface area contributed by atoms with Crippen LogP contribution in [0.1, 0.15) is 53.4 Å². The summed E-state index contributed by atoms with van der Waals surface area (Å²) in [6.07, 6.45) is 4.02. The second-order valence-corrected chi connectivity index (χ2v) is 9.03. The largest absolute Gasteiger partial charge is 0.431 e. The maximum atomic E-state index is 13.5. The molecule has 31 heavy (non-hydrogen) atoms. The first kappa shape index (κ1) is 20.2. The third kappa shape index (κ3) is 3.35. The third-order valence-electron chi connectivity index (χ3n) is 5.24. The van der Waals surface area contributed by atoms with Gasteiger partial charge < -0.3 is 19.4 Å². The zero-order valence-corrected chi connectivity index (χ0v) is 19.0. The lowest BCUT2D eigenvalue weighted by atomic mass is 9.99. The molecule has 5 rings (SSSR count). The number of aromatic nitrogens is 5. The smallest absolute Gasteiger partial charge is 0.293 e. The van der Waals surface area contributed by atoms with Crippen molar-refractivity contribution in [2.24, 2.45) is 0 Å². The van der Waals surface area contributed by atoms with E-state index in [0.717, 1.165) is 16.9 Å². The second kappa shape index (κ2) is 7.18. The molecule has 9 nitrogen and oxygen atoms in total. The first-order chi connectivity index (χ1) is 14.7. The molecule has 1 atom stereocenters. The van der Waals surface area contributed by atoms with Gasteiger partial charge in [-0.25, -0.2) is 14.5 Å². The quantitative estimate of drug-likeness (QED) is 0.441. The van der Waals surface area contributed by atoms with Gasteiger partial charge >= 0.3 is 0 Å². The second-order valence-electron chi connectivity index (χ2n) is 7.87. The fourth-order valence-corrected chi connectivity index (χ4v) is 4.38. The molecule has 0 radical (unpaired) electrons. The number of halogens is 2. The summed E-state index contributed by atoms with van der Waals surface area (Å²) in [5.41, 5.74) is 1.71. The molecule has 2 N–H and O–H groups in total. The maximum absolute atomic E-state index is 13.5. The minimum atomic E-state index is -1.32. The molecule has 160 valence electrons. The van der Waals surface area contributed by atoms with Crippen LogP contribution in [-0.2, 0) is 12.0 Å². The van der Waals surface area contributed by atoms with Crippen LogP contribution in [0.3, 0.4) is 0 Å². The molecule has 0 spiro atoms. The van der Waals surface area contributed by atoms with Gasteiger partial charge in [-0.1, -0.05) is 11.6 Å². The van der Waals surface area contributed by atoms with Gasteiger partial charge in [-0.2, -0.15) is 5.10 Å². The maximum Gasteiger partial charge on any atom is 0.293 e. The molecular weight excluding hydrogens is 488 g/mol. The number of aromatic amines is 1. The zero-order chi connectivity index (χ0) is 21.9. The van der Waals surface area contributed by atoms with Gasteiger partial charge in [-0.05, 0) is 48.0 Å². The van der Waals surface area contributed by atoms with Crippen LogP contribution in [0.15, 0.2) is 39.7 Å². The number of hydrogen-bond donors (Lipinski definition) is 2. The summed E-state index contributed by atoms with van der Waals surface area (Å²) in [5, 5.41) is 15.4. The standard InChI is InChI=1S/C20H18BrClN6O3/c1-20(2,30)19-25-17(21)16(31-19)18(29)27-7-5-11-14(24-9-23-11)15(27)12-8-13-10(22)4-3-6-28(13)26-12/h3-4,6,8-9,15,30H,5,7H2,1-2H3,(H,23,24)/t15-/m0/s1. The molecule has 0 unspecified atom stereocenters. The highest BCUT2D eigenvalue weighted by Crippen LogP contribution is 2.36. The number of carbonyl (C=O) groups is 1. The average Bonchev–Trinajstić information content (AvgIpc) is 3.44. The Morgan fingerprint density at radius 1 is 1.45 bits per heavy atom. The van der Waals surface area contributed by atoms with E-state index in [1.54, 1.807) is 47.9 Å². The number of amides is 1. The topological polar surface area (TPSA) is 113 Å². The van der Waals surface area contributed by atoms with Crippen LogP contribution in [0.25, 0.3) is 5.52 Å². The predicted molar refractivity (Wildman–Crippen MR) is 115 cm³/mol. The van der Waals surface area contributed by atoms with E-state index in [2.05, 4.69) is 36.0 Å². The molecule has 0 aliphatic carbocycles. The molecular formula is C20H18BrClN6O3. The van der Waals surface area contributed by atoms with Crippen molar-refractivity contribution in [3.63, 3.8) is 0 Å². The van der Waals surface area contributed by atoms with Gasteiger partial charge in [0.1, 0.15) is 11.6 Å². The van der Waals surface area contributed by atoms with Gasteiger partial charge in [0.05, 0.1) is 28.3 Å². The van der Waals surface area contributed by atoms with Crippen LogP contribution in [-0.4, -0.2) is 47.0 Å². The molecule has 1 amide bonds. The van der Waals surface area contributed by atoms with Crippen molar-refractivity contribution in [2.45, 2.75) is 31.9 Å². The number of carbonyl (C=O) groups excluding carboxylic acids is 1. The number of pyridine rings is 1. The van der Waals surface area contributed by atoms with E-state index in [0.29, 0.717) is 23.7 Å². The number of fused-ring (bicyclic) bond motifs is 2. The first-order valence-electron chi connectivity index (χ1n) is 9.60. The van der Waals surface area contributed by atoms with E-state index in [-0.39, 0.29) is 22.2 Å². The van der Waals surface area contributed by atoms with Crippen molar-refractivity contribution in [3.8, 4) is 0 Å². The van der Waals surface area contributed by atoms with Crippen LogP contribution in [0.5, 0.6) is 0 Å². The molecule has 0 saturated carbocycles. The Balaban J connectivity index is 1.61. The molecule has 0 saturated heterocycles. The SMILES string of the molecule is CC(C)(O)c1nc(Br)c(C(=O)N2CCc3[nH]cnc3[C@@H]2c2cc3c(Cl)cccn3n2)o1. The Morgan fingerprint density at radius 2 is 2.26 bits per heavy atom. The van der Waals surface area contributed by atoms with E-state index in [1.165, 1.54) is 0 Å². The van der Waals surface area contributed by atoms with Crippen molar-refractivity contribution in [2.75, 3.05) is 6.54 Å². The Labute approximate surface area is 190 Å². The number of aliphatic hydroxyl groups is 1. The van der Waals surface area contributed by atoms with Crippen LogP contribution >= 0.6 is 27.5 Å². The van der Waals surface area contributed by atoms with E-state index in [9.17, 15) is 9.90 Å². The van der Waals surface area contributed by atoms with Crippen molar-refractivity contribution in [3.05, 3.63) is 69.1 Å². The predicted octanol–water partition coefficient (Wildman–Crippen LogP) is 3.48. The van der Waals surface area contributed by atoms with Gasteiger partial charge in [0.15, 0.2) is 4.60 Å². The monoisotopic (exact) mass is 504 g/mol. The number of nitrogens with zero attached hydrogens (tertiary/aromatic N) is 5. The summed E-state index contributed by atoms with van der Waals surface area (Å²) in [6.45, 7) is 3.50. The van der Waals surface area contributed by atoms with Gasteiger partial charge in [0, 0.05) is 24.9 Å². The molecule has 0 bridgehead atoms. The number of oxazole rings is 1. The number of nitrogens with one attached hydrogen (secondary N) is 1. The van der Waals surface area contributed by atoms with Crippen molar-refractivity contribution in [1.29, 1.82) is 0 Å². The molecule has 4 aromatic heterocycles. The van der Waals surface area contributed by atoms with Gasteiger partial charge in [0.2, 0.25) is 11.7 Å². The van der Waals surface area contributed by atoms with Gasteiger partial charge in [-0.15, -0.1) is 0 Å². The number of rotatable bonds is 3. The van der Waals surface area contributed by atoms with Crippen LogP contribution in [0.2, 0.25) is 5.02 Å². The Hall–Kier alpha value is -2.69. The summed E-state index contributed by atoms with van der Waals surface area (Å²) in [5.74, 6) is -0.309. The highest BCUT2D eigenvalue weighted by molar-refractivity contribution is 9.10. The van der Waals surface area contributed by atoms with E-state index >= 15 is 0 Å². The van der Waals surface area contributed by atoms with E-state index < -0.39 is 11.6 Å². The molecule has 4 aromatic rings. The van der Waals surface area contributed by atoms with Crippen molar-refractivity contribution in [1.82, 2.24) is 29.5 Å². The van der Waals surface area contributed by atoms with Crippen molar-refractivity contribution >= 4 is 39.0 Å². The zero-order valence-electron chi connectivity index (χ0n) is 16.6. The number of hydrogen-bond acceptors (Lipinski definition) is 6. The Bertz CT molecular complexity index is 1300. The first-order valence-corrected chi connectivity index (χ1v) is 10.8. The fraction of sp³-hybridized carbons (Fsp3) is 0.300. The highest BCUT2D eigenvalue weighted by atomic mass is 79.9. The van der Waals surface area contributed by atoms with E-state index in [1.807, 2.05) is 6.07 Å². The molecule has 5 heterocycles. The molecule has 1 aliphatic rings. The summed E-state index contributed by atoms with van der Waals surface area (Å²) in [6, 6.07) is 4.91. The average molecular weight is 506 g/mol. The third-order valence-corrected chi connectivity index (χ3v) is 6.10. The number of H-pyrrole nitrogens is 1. The minimum absolute atomic E-state index is 0.0166. The Kier molecular flexibility index (Phi) is 4.68. The van der Waals surface area contributed by atoms with Gasteiger partial charge in [0.25, 0.3) is 5.91 Å². The summed E-state index contributed by atoms with van der Waals surface area (Å²) in [4.78, 5) is 27.0. The summed E-state index contributed by atoms with van der Waals surface area (Å²) < 4.78 is 7.57. The minimum Gasteiger partial charge on any atom is -0.431 e. The Morgan fingerprint density at radius 3 is 2.97 bits per heavy atom. The van der Waals surface area contributed by atoms with Gasteiger partial charge in [-0.3, -0.25) is 4.79 Å². The normalized spacial score (nSPS) is 16.7. The lowest BCUT2D eigenvalue weighted by Gasteiger charge is -2.33. The summed E-state index contributed by atoms with van der Waals surface area (Å²) >= 11 is 9.63.